The summed E-state index contributed by atoms with van der Waals surface area (Å²) in [7, 11) is 0. The van der Waals surface area contributed by atoms with E-state index in [0.717, 1.165) is 25.3 Å². The van der Waals surface area contributed by atoms with Gasteiger partial charge in [0.2, 0.25) is 0 Å². The Balaban J connectivity index is 2.04. The predicted molar refractivity (Wildman–Crippen MR) is 61.0 cm³/mol. The monoisotopic (exact) mass is 206 g/mol. The molecule has 1 fully saturated rings. The summed E-state index contributed by atoms with van der Waals surface area (Å²) >= 11 is 0. The molecule has 1 aliphatic rings. The Labute approximate surface area is 90.5 Å². The normalized spacial score (nSPS) is 20.9. The first kappa shape index (κ1) is 10.4. The molecule has 1 aliphatic heterocycles. The van der Waals surface area contributed by atoms with Crippen molar-refractivity contribution in [1.29, 1.82) is 0 Å². The summed E-state index contributed by atoms with van der Waals surface area (Å²) < 4.78 is 0. The maximum absolute atomic E-state index is 4.10. The van der Waals surface area contributed by atoms with Gasteiger partial charge in [0.1, 0.15) is 5.82 Å². The van der Waals surface area contributed by atoms with Crippen molar-refractivity contribution in [2.75, 3.05) is 18.4 Å². The highest BCUT2D eigenvalue weighted by Crippen LogP contribution is 2.16. The molecule has 2 N–H and O–H groups in total. The van der Waals surface area contributed by atoms with Gasteiger partial charge in [-0.15, -0.1) is 5.10 Å². The molecule has 0 aliphatic carbocycles. The summed E-state index contributed by atoms with van der Waals surface area (Å²) in [5, 5.41) is 14.8. The van der Waals surface area contributed by atoms with Gasteiger partial charge in [-0.3, -0.25) is 0 Å². The summed E-state index contributed by atoms with van der Waals surface area (Å²) in [5.41, 5.74) is 1.23. The zero-order chi connectivity index (χ0) is 10.7. The third-order valence-corrected chi connectivity index (χ3v) is 2.75. The molecule has 2 rings (SSSR count). The fourth-order valence-electron chi connectivity index (χ4n) is 1.75. The number of hydrogen-bond acceptors (Lipinski definition) is 4. The lowest BCUT2D eigenvalue weighted by Crippen LogP contribution is -2.22. The van der Waals surface area contributed by atoms with E-state index in [1.807, 2.05) is 6.20 Å². The third kappa shape index (κ3) is 2.65. The molecule has 82 valence electrons. The second-order valence-corrected chi connectivity index (χ2v) is 4.36. The summed E-state index contributed by atoms with van der Waals surface area (Å²) in [4.78, 5) is 0. The minimum absolute atomic E-state index is 0.502. The largest absolute Gasteiger partial charge is 0.365 e. The molecule has 0 bridgehead atoms. The maximum Gasteiger partial charge on any atom is 0.149 e. The Morgan fingerprint density at radius 1 is 1.53 bits per heavy atom. The van der Waals surface area contributed by atoms with Crippen LogP contribution in [-0.4, -0.2) is 29.3 Å². The topological polar surface area (TPSA) is 49.8 Å². The molecule has 0 radical (unpaired) electrons. The number of aromatic nitrogens is 2. The van der Waals surface area contributed by atoms with Crippen LogP contribution in [0.15, 0.2) is 12.3 Å². The van der Waals surface area contributed by atoms with Gasteiger partial charge in [0.25, 0.3) is 0 Å². The van der Waals surface area contributed by atoms with Crippen LogP contribution < -0.4 is 10.6 Å². The van der Waals surface area contributed by atoms with Crippen molar-refractivity contribution < 1.29 is 0 Å². The van der Waals surface area contributed by atoms with E-state index in [1.54, 1.807) is 0 Å². The van der Waals surface area contributed by atoms with Gasteiger partial charge in [-0.25, -0.2) is 0 Å². The average Bonchev–Trinajstić information content (AvgIpc) is 2.71. The van der Waals surface area contributed by atoms with E-state index < -0.39 is 0 Å². The highest BCUT2D eigenvalue weighted by Gasteiger charge is 2.14. The Morgan fingerprint density at radius 2 is 2.40 bits per heavy atom. The fourth-order valence-corrected chi connectivity index (χ4v) is 1.75. The van der Waals surface area contributed by atoms with E-state index in [0.29, 0.717) is 12.0 Å². The standard InChI is InChI=1S/C11H18N4/c1-8(2)9-5-11(15-13-6-9)14-10-3-4-12-7-10/h5-6,8,10,12H,3-4,7H2,1-2H3,(H,14,15). The molecule has 4 heteroatoms. The molecular formula is C11H18N4. The third-order valence-electron chi connectivity index (χ3n) is 2.75. The van der Waals surface area contributed by atoms with Crippen molar-refractivity contribution in [3.8, 4) is 0 Å². The first-order valence-electron chi connectivity index (χ1n) is 5.55. The van der Waals surface area contributed by atoms with Crippen LogP contribution in [0.25, 0.3) is 0 Å². The van der Waals surface area contributed by atoms with Crippen molar-refractivity contribution in [2.45, 2.75) is 32.2 Å². The number of rotatable bonds is 3. The van der Waals surface area contributed by atoms with Crippen molar-refractivity contribution in [3.63, 3.8) is 0 Å². The van der Waals surface area contributed by atoms with Gasteiger partial charge in [-0.1, -0.05) is 13.8 Å². The Kier molecular flexibility index (Phi) is 3.16. The first-order valence-corrected chi connectivity index (χ1v) is 5.55. The number of nitrogens with zero attached hydrogens (tertiary/aromatic N) is 2. The van der Waals surface area contributed by atoms with Gasteiger partial charge < -0.3 is 10.6 Å². The van der Waals surface area contributed by atoms with Gasteiger partial charge in [-0.05, 0) is 30.5 Å². The van der Waals surface area contributed by atoms with E-state index >= 15 is 0 Å². The van der Waals surface area contributed by atoms with Gasteiger partial charge in [0.15, 0.2) is 0 Å². The smallest absolute Gasteiger partial charge is 0.149 e. The lowest BCUT2D eigenvalue weighted by Gasteiger charge is -2.12. The summed E-state index contributed by atoms with van der Waals surface area (Å²) in [5.74, 6) is 1.40. The molecule has 15 heavy (non-hydrogen) atoms. The molecule has 0 amide bonds. The molecule has 1 aromatic heterocycles. The Hall–Kier alpha value is -1.16. The minimum atomic E-state index is 0.502. The van der Waals surface area contributed by atoms with Crippen LogP contribution in [0.1, 0.15) is 31.7 Å². The highest BCUT2D eigenvalue weighted by molar-refractivity contribution is 5.38. The van der Waals surface area contributed by atoms with Crippen molar-refractivity contribution >= 4 is 5.82 Å². The van der Waals surface area contributed by atoms with Crippen molar-refractivity contribution in [2.24, 2.45) is 0 Å². The maximum atomic E-state index is 4.10. The summed E-state index contributed by atoms with van der Waals surface area (Å²) in [6, 6.07) is 2.59. The molecule has 0 spiro atoms. The first-order chi connectivity index (χ1) is 7.25. The second kappa shape index (κ2) is 4.57. The quantitative estimate of drug-likeness (QED) is 0.784. The van der Waals surface area contributed by atoms with Crippen LogP contribution in [-0.2, 0) is 0 Å². The average molecular weight is 206 g/mol. The van der Waals surface area contributed by atoms with E-state index in [1.165, 1.54) is 5.56 Å². The SMILES string of the molecule is CC(C)c1cnnc(NC2CCNC2)c1. The van der Waals surface area contributed by atoms with Crippen LogP contribution in [0.4, 0.5) is 5.82 Å². The van der Waals surface area contributed by atoms with Crippen LogP contribution in [0.5, 0.6) is 0 Å². The number of hydrogen-bond donors (Lipinski definition) is 2. The molecular weight excluding hydrogens is 188 g/mol. The van der Waals surface area contributed by atoms with Crippen LogP contribution in [0.2, 0.25) is 0 Å². The van der Waals surface area contributed by atoms with Crippen LogP contribution in [0, 0.1) is 0 Å². The zero-order valence-corrected chi connectivity index (χ0v) is 9.33. The second-order valence-electron chi connectivity index (χ2n) is 4.36. The molecule has 4 nitrogen and oxygen atoms in total. The van der Waals surface area contributed by atoms with Gasteiger partial charge in [0.05, 0.1) is 6.20 Å². The van der Waals surface area contributed by atoms with Gasteiger partial charge >= 0.3 is 0 Å². The molecule has 1 unspecified atom stereocenters. The van der Waals surface area contributed by atoms with E-state index in [-0.39, 0.29) is 0 Å². The van der Waals surface area contributed by atoms with Crippen molar-refractivity contribution in [3.05, 3.63) is 17.8 Å². The zero-order valence-electron chi connectivity index (χ0n) is 9.33. The summed E-state index contributed by atoms with van der Waals surface area (Å²) in [6.45, 7) is 6.44. The van der Waals surface area contributed by atoms with Gasteiger partial charge in [0, 0.05) is 12.6 Å². The molecule has 2 heterocycles. The molecule has 1 aromatic rings. The molecule has 1 atom stereocenters. The fraction of sp³-hybridized carbons (Fsp3) is 0.636. The number of nitrogens with one attached hydrogen (secondary N) is 2. The van der Waals surface area contributed by atoms with E-state index in [9.17, 15) is 0 Å². The lowest BCUT2D eigenvalue weighted by atomic mass is 10.1. The van der Waals surface area contributed by atoms with Crippen LogP contribution in [0.3, 0.4) is 0 Å². The van der Waals surface area contributed by atoms with E-state index in [4.69, 9.17) is 0 Å². The predicted octanol–water partition coefficient (Wildman–Crippen LogP) is 1.37. The van der Waals surface area contributed by atoms with Crippen LogP contribution >= 0.6 is 0 Å². The Bertz CT molecular complexity index is 318. The minimum Gasteiger partial charge on any atom is -0.365 e. The lowest BCUT2D eigenvalue weighted by molar-refractivity contribution is 0.776. The van der Waals surface area contributed by atoms with E-state index in [2.05, 4.69) is 40.7 Å². The summed E-state index contributed by atoms with van der Waals surface area (Å²) in [6.07, 6.45) is 3.00. The highest BCUT2D eigenvalue weighted by atomic mass is 15.2. The molecule has 0 saturated carbocycles. The molecule has 0 aromatic carbocycles. The van der Waals surface area contributed by atoms with Gasteiger partial charge in [-0.2, -0.15) is 5.10 Å². The molecule has 1 saturated heterocycles. The Morgan fingerprint density at radius 3 is 3.07 bits per heavy atom. The number of anilines is 1. The van der Waals surface area contributed by atoms with Crippen molar-refractivity contribution in [1.82, 2.24) is 15.5 Å².